The molecule has 0 fully saturated rings. The van der Waals surface area contributed by atoms with Gasteiger partial charge in [-0.25, -0.2) is 18.5 Å². The van der Waals surface area contributed by atoms with Gasteiger partial charge in [-0.05, 0) is 35.4 Å². The Morgan fingerprint density at radius 1 is 1.05 bits per heavy atom. The number of alkyl halides is 3. The standard InChI is InChI=1S/C26H27F4N5O5S/c1-25(2,3)23(37)33-20-6-16(26(28,29)30)8-32-21(20)13-40-24(38)35-11-14-9-34(10-15(14)12-35)22(36)18-5-4-17(41(31)39)7-19(18)27/h4-8H,9-13,31H2,1-3H3,(H,33,37). The summed E-state index contributed by atoms with van der Waals surface area (Å²) in [6.07, 6.45) is -4.86. The lowest BCUT2D eigenvalue weighted by molar-refractivity contribution is -0.137. The highest BCUT2D eigenvalue weighted by Crippen LogP contribution is 2.32. The number of amides is 3. The van der Waals surface area contributed by atoms with Gasteiger partial charge in [0.1, 0.15) is 29.1 Å². The lowest BCUT2D eigenvalue weighted by atomic mass is 9.95. The fourth-order valence-electron chi connectivity index (χ4n) is 4.22. The van der Waals surface area contributed by atoms with Crippen LogP contribution in [-0.2, 0) is 33.3 Å². The molecule has 1 atom stereocenters. The molecule has 1 unspecified atom stereocenters. The molecule has 0 saturated heterocycles. The molecule has 3 N–H and O–H groups in total. The van der Waals surface area contributed by atoms with Gasteiger partial charge in [0.15, 0.2) is 0 Å². The van der Waals surface area contributed by atoms with Crippen molar-refractivity contribution >= 4 is 34.6 Å². The summed E-state index contributed by atoms with van der Waals surface area (Å²) in [5.74, 6) is -1.97. The molecular weight excluding hydrogens is 570 g/mol. The van der Waals surface area contributed by atoms with Crippen LogP contribution in [0.1, 0.15) is 42.4 Å². The third-order valence-electron chi connectivity index (χ3n) is 6.53. The summed E-state index contributed by atoms with van der Waals surface area (Å²) in [5.41, 5.74) is -0.897. The van der Waals surface area contributed by atoms with Crippen molar-refractivity contribution in [2.45, 2.75) is 38.4 Å². The molecule has 0 saturated carbocycles. The number of pyridine rings is 1. The van der Waals surface area contributed by atoms with Gasteiger partial charge in [0.05, 0.1) is 21.7 Å². The fraction of sp³-hybridized carbons (Fsp3) is 0.385. The number of nitrogens with one attached hydrogen (secondary N) is 1. The first-order valence-corrected chi connectivity index (χ1v) is 13.5. The van der Waals surface area contributed by atoms with Gasteiger partial charge in [0, 0.05) is 37.8 Å². The third kappa shape index (κ3) is 6.73. The Kier molecular flexibility index (Phi) is 8.23. The Morgan fingerprint density at radius 2 is 1.66 bits per heavy atom. The molecule has 2 aliphatic rings. The summed E-state index contributed by atoms with van der Waals surface area (Å²) < 4.78 is 70.8. The first-order valence-electron chi connectivity index (χ1n) is 12.3. The highest BCUT2D eigenvalue weighted by molar-refractivity contribution is 7.82. The largest absolute Gasteiger partial charge is 0.443 e. The van der Waals surface area contributed by atoms with Gasteiger partial charge < -0.3 is 19.9 Å². The molecule has 0 aliphatic carbocycles. The van der Waals surface area contributed by atoms with Gasteiger partial charge >= 0.3 is 12.3 Å². The first-order chi connectivity index (χ1) is 19.0. The zero-order valence-electron chi connectivity index (χ0n) is 22.3. The molecule has 3 heterocycles. The number of rotatable bonds is 5. The maximum Gasteiger partial charge on any atom is 0.417 e. The molecule has 0 spiro atoms. The summed E-state index contributed by atoms with van der Waals surface area (Å²) in [7, 11) is -1.89. The fourth-order valence-corrected chi connectivity index (χ4v) is 4.64. The molecule has 3 amide bonds. The number of anilines is 1. The van der Waals surface area contributed by atoms with E-state index in [9.17, 15) is 36.2 Å². The average Bonchev–Trinajstić information content (AvgIpc) is 3.46. The normalized spacial score (nSPS) is 16.1. The minimum absolute atomic E-state index is 0.0467. The minimum Gasteiger partial charge on any atom is -0.443 e. The second-order valence-electron chi connectivity index (χ2n) is 10.6. The molecule has 1 aromatic carbocycles. The number of benzene rings is 1. The van der Waals surface area contributed by atoms with Crippen molar-refractivity contribution in [3.05, 3.63) is 64.2 Å². The molecule has 15 heteroatoms. The smallest absolute Gasteiger partial charge is 0.417 e. The molecule has 2 aromatic rings. The lowest BCUT2D eigenvalue weighted by Gasteiger charge is -2.23. The summed E-state index contributed by atoms with van der Waals surface area (Å²) >= 11 is 0. The van der Waals surface area contributed by atoms with Crippen molar-refractivity contribution in [1.29, 1.82) is 0 Å². The number of ether oxygens (including phenoxy) is 1. The average molecular weight is 598 g/mol. The Labute approximate surface area is 235 Å². The highest BCUT2D eigenvalue weighted by atomic mass is 32.2. The SMILES string of the molecule is CC(C)(C)C(=O)Nc1cc(C(F)(F)F)cnc1COC(=O)N1CC2=C(C1)CN(C(=O)c1ccc(S(N)=O)cc1F)C2. The van der Waals surface area contributed by atoms with Crippen LogP contribution in [0.2, 0.25) is 0 Å². The van der Waals surface area contributed by atoms with Crippen LogP contribution in [0.3, 0.4) is 0 Å². The zero-order valence-corrected chi connectivity index (χ0v) is 23.1. The van der Waals surface area contributed by atoms with Crippen LogP contribution in [-0.4, -0.2) is 63.1 Å². The van der Waals surface area contributed by atoms with Gasteiger partial charge in [-0.3, -0.25) is 14.6 Å². The summed E-state index contributed by atoms with van der Waals surface area (Å²) in [6.45, 7) is 4.87. The number of aromatic nitrogens is 1. The van der Waals surface area contributed by atoms with Crippen LogP contribution in [0.15, 0.2) is 46.5 Å². The highest BCUT2D eigenvalue weighted by Gasteiger charge is 2.36. The predicted molar refractivity (Wildman–Crippen MR) is 139 cm³/mol. The molecule has 1 aromatic heterocycles. The number of nitrogens with zero attached hydrogens (tertiary/aromatic N) is 3. The molecule has 0 radical (unpaired) electrons. The second-order valence-corrected chi connectivity index (χ2v) is 11.7. The van der Waals surface area contributed by atoms with Crippen LogP contribution >= 0.6 is 0 Å². The van der Waals surface area contributed by atoms with Gasteiger partial charge in [-0.15, -0.1) is 0 Å². The van der Waals surface area contributed by atoms with E-state index in [1.165, 1.54) is 21.9 Å². The molecular formula is C26H27F4N5O5S. The maximum atomic E-state index is 14.4. The lowest BCUT2D eigenvalue weighted by Crippen LogP contribution is -2.37. The van der Waals surface area contributed by atoms with E-state index in [2.05, 4.69) is 10.3 Å². The van der Waals surface area contributed by atoms with Crippen LogP contribution in [0, 0.1) is 11.2 Å². The third-order valence-corrected chi connectivity index (χ3v) is 7.25. The zero-order chi connectivity index (χ0) is 30.3. The Morgan fingerprint density at radius 3 is 2.20 bits per heavy atom. The molecule has 41 heavy (non-hydrogen) atoms. The molecule has 2 aliphatic heterocycles. The first kappa shape index (κ1) is 30.1. The Balaban J connectivity index is 1.37. The Hall–Kier alpha value is -3.85. The van der Waals surface area contributed by atoms with E-state index in [0.717, 1.165) is 23.3 Å². The van der Waals surface area contributed by atoms with Gasteiger partial charge in [0.2, 0.25) is 5.91 Å². The quantitative estimate of drug-likeness (QED) is 0.400. The van der Waals surface area contributed by atoms with Crippen molar-refractivity contribution in [2.24, 2.45) is 10.6 Å². The summed E-state index contributed by atoms with van der Waals surface area (Å²) in [6, 6.07) is 4.22. The van der Waals surface area contributed by atoms with E-state index < -0.39 is 58.5 Å². The number of hydrogen-bond acceptors (Lipinski definition) is 6. The minimum atomic E-state index is -4.69. The van der Waals surface area contributed by atoms with Crippen LogP contribution in [0.25, 0.3) is 0 Å². The van der Waals surface area contributed by atoms with E-state index in [0.29, 0.717) is 6.20 Å². The van der Waals surface area contributed by atoms with Gasteiger partial charge in [-0.2, -0.15) is 13.2 Å². The number of carbonyl (C=O) groups is 3. The second kappa shape index (κ2) is 11.2. The maximum absolute atomic E-state index is 14.4. The van der Waals surface area contributed by atoms with Crippen LogP contribution < -0.4 is 10.5 Å². The van der Waals surface area contributed by atoms with Crippen molar-refractivity contribution < 1.29 is 40.9 Å². The number of nitrogens with two attached hydrogens (primary N) is 1. The van der Waals surface area contributed by atoms with Crippen molar-refractivity contribution in [3.8, 4) is 0 Å². The van der Waals surface area contributed by atoms with Crippen LogP contribution in [0.5, 0.6) is 0 Å². The van der Waals surface area contributed by atoms with E-state index in [1.807, 2.05) is 0 Å². The Bertz CT molecular complexity index is 1450. The number of halogens is 4. The van der Waals surface area contributed by atoms with E-state index in [1.54, 1.807) is 20.8 Å². The summed E-state index contributed by atoms with van der Waals surface area (Å²) in [4.78, 5) is 44.6. The number of carbonyl (C=O) groups excluding carboxylic acids is 3. The molecule has 4 rings (SSSR count). The van der Waals surface area contributed by atoms with E-state index in [-0.39, 0.29) is 48.0 Å². The van der Waals surface area contributed by atoms with Crippen molar-refractivity contribution in [1.82, 2.24) is 14.8 Å². The molecule has 220 valence electrons. The van der Waals surface area contributed by atoms with Crippen LogP contribution in [0.4, 0.5) is 28.0 Å². The number of hydrogen-bond donors (Lipinski definition) is 2. The van der Waals surface area contributed by atoms with Crippen molar-refractivity contribution in [2.75, 3.05) is 31.5 Å². The topological polar surface area (TPSA) is 135 Å². The van der Waals surface area contributed by atoms with Gasteiger partial charge in [-0.1, -0.05) is 20.8 Å². The predicted octanol–water partition coefficient (Wildman–Crippen LogP) is 3.61. The van der Waals surface area contributed by atoms with E-state index >= 15 is 0 Å². The van der Waals surface area contributed by atoms with E-state index in [4.69, 9.17) is 9.88 Å². The monoisotopic (exact) mass is 597 g/mol. The van der Waals surface area contributed by atoms with Crippen molar-refractivity contribution in [3.63, 3.8) is 0 Å². The van der Waals surface area contributed by atoms with Gasteiger partial charge in [0.25, 0.3) is 5.91 Å². The molecule has 0 bridgehead atoms. The molecule has 10 nitrogen and oxygen atoms in total. The summed E-state index contributed by atoms with van der Waals surface area (Å²) in [5, 5.41) is 7.68.